The van der Waals surface area contributed by atoms with Crippen molar-refractivity contribution < 1.29 is 4.42 Å². The average Bonchev–Trinajstić information content (AvgIpc) is 3.39. The summed E-state index contributed by atoms with van der Waals surface area (Å²) in [6.45, 7) is 0. The van der Waals surface area contributed by atoms with Crippen LogP contribution in [-0.2, 0) is 5.41 Å². The third-order valence-corrected chi connectivity index (χ3v) is 8.35. The SMILES string of the molecule is Brc1cccc2oc3ccc(-c4cccc(C(c5ccccc5)(c5ccccc5)c5ccccc5)c4)cc3c12. The van der Waals surface area contributed by atoms with Crippen molar-refractivity contribution in [2.45, 2.75) is 5.41 Å². The van der Waals surface area contributed by atoms with E-state index >= 15 is 0 Å². The first-order valence-corrected chi connectivity index (χ1v) is 13.9. The van der Waals surface area contributed by atoms with E-state index in [0.29, 0.717) is 0 Å². The fourth-order valence-electron chi connectivity index (χ4n) is 5.96. The molecule has 0 unspecified atom stereocenters. The van der Waals surface area contributed by atoms with Crippen LogP contribution in [0.15, 0.2) is 161 Å². The summed E-state index contributed by atoms with van der Waals surface area (Å²) in [7, 11) is 0. The van der Waals surface area contributed by atoms with E-state index < -0.39 is 5.41 Å². The summed E-state index contributed by atoms with van der Waals surface area (Å²) < 4.78 is 7.19. The van der Waals surface area contributed by atoms with Crippen molar-refractivity contribution in [1.29, 1.82) is 0 Å². The summed E-state index contributed by atoms with van der Waals surface area (Å²) in [6.07, 6.45) is 0. The Morgan fingerprint density at radius 3 is 1.59 bits per heavy atom. The van der Waals surface area contributed by atoms with Crippen molar-refractivity contribution in [3.8, 4) is 11.1 Å². The molecule has 186 valence electrons. The second-order valence-corrected chi connectivity index (χ2v) is 10.7. The first-order chi connectivity index (χ1) is 19.2. The smallest absolute Gasteiger partial charge is 0.136 e. The second-order valence-electron chi connectivity index (χ2n) is 9.85. The number of benzene rings is 6. The van der Waals surface area contributed by atoms with E-state index in [2.05, 4.69) is 155 Å². The molecule has 0 saturated carbocycles. The highest BCUT2D eigenvalue weighted by Gasteiger charge is 2.38. The Bertz CT molecular complexity index is 1810. The number of hydrogen-bond acceptors (Lipinski definition) is 1. The third kappa shape index (κ3) is 3.91. The van der Waals surface area contributed by atoms with Crippen LogP contribution >= 0.6 is 15.9 Å². The lowest BCUT2D eigenvalue weighted by atomic mass is 9.65. The van der Waals surface area contributed by atoms with Gasteiger partial charge in [0.2, 0.25) is 0 Å². The van der Waals surface area contributed by atoms with Gasteiger partial charge in [-0.15, -0.1) is 0 Å². The highest BCUT2D eigenvalue weighted by atomic mass is 79.9. The van der Waals surface area contributed by atoms with Crippen molar-refractivity contribution in [2.24, 2.45) is 0 Å². The van der Waals surface area contributed by atoms with Gasteiger partial charge >= 0.3 is 0 Å². The normalized spacial score (nSPS) is 11.7. The molecule has 7 aromatic rings. The molecule has 0 fully saturated rings. The zero-order valence-electron chi connectivity index (χ0n) is 21.2. The summed E-state index contributed by atoms with van der Waals surface area (Å²) in [5.74, 6) is 0. The highest BCUT2D eigenvalue weighted by molar-refractivity contribution is 9.10. The van der Waals surface area contributed by atoms with Gasteiger partial charge in [-0.2, -0.15) is 0 Å². The van der Waals surface area contributed by atoms with Crippen LogP contribution in [0.3, 0.4) is 0 Å². The Hall–Kier alpha value is -4.40. The fourth-order valence-corrected chi connectivity index (χ4v) is 6.52. The van der Waals surface area contributed by atoms with Gasteiger partial charge in [0.15, 0.2) is 0 Å². The standard InChI is InChI=1S/C37H25BrO/c38-33-20-11-21-35-36(33)32-25-27(22-23-34(32)39-35)26-12-10-19-31(24-26)37(28-13-4-1-5-14-28,29-15-6-2-7-16-29)30-17-8-3-9-18-30/h1-25H. The zero-order chi connectivity index (χ0) is 26.2. The van der Waals surface area contributed by atoms with Crippen molar-refractivity contribution in [2.75, 3.05) is 0 Å². The van der Waals surface area contributed by atoms with Gasteiger partial charge in [-0.25, -0.2) is 0 Å². The molecule has 1 heterocycles. The maximum atomic E-state index is 6.15. The Morgan fingerprint density at radius 1 is 0.436 bits per heavy atom. The minimum absolute atomic E-state index is 0.477. The van der Waals surface area contributed by atoms with E-state index in [1.165, 1.54) is 27.8 Å². The van der Waals surface area contributed by atoms with Gasteiger partial charge in [0.1, 0.15) is 11.2 Å². The Balaban J connectivity index is 1.49. The zero-order valence-corrected chi connectivity index (χ0v) is 22.8. The molecule has 0 spiro atoms. The molecule has 6 aromatic carbocycles. The molecule has 1 aromatic heterocycles. The maximum Gasteiger partial charge on any atom is 0.136 e. The molecule has 0 bridgehead atoms. The van der Waals surface area contributed by atoms with Crippen LogP contribution in [0.25, 0.3) is 33.1 Å². The number of rotatable bonds is 5. The Morgan fingerprint density at radius 2 is 0.974 bits per heavy atom. The molecule has 0 N–H and O–H groups in total. The van der Waals surface area contributed by atoms with Gasteiger partial charge in [0.05, 0.1) is 5.41 Å². The number of halogens is 1. The Kier molecular flexibility index (Phi) is 5.91. The molecule has 0 amide bonds. The maximum absolute atomic E-state index is 6.15. The summed E-state index contributed by atoms with van der Waals surface area (Å²) in [6, 6.07) is 54.1. The number of fused-ring (bicyclic) bond motifs is 3. The first kappa shape index (κ1) is 23.7. The van der Waals surface area contributed by atoms with Gasteiger partial charge in [-0.05, 0) is 63.7 Å². The van der Waals surface area contributed by atoms with Gasteiger partial charge < -0.3 is 4.42 Å². The largest absolute Gasteiger partial charge is 0.456 e. The van der Waals surface area contributed by atoms with Gasteiger partial charge in [0.25, 0.3) is 0 Å². The summed E-state index contributed by atoms with van der Waals surface area (Å²) in [4.78, 5) is 0. The van der Waals surface area contributed by atoms with Crippen molar-refractivity contribution in [3.63, 3.8) is 0 Å². The molecule has 0 saturated heterocycles. The van der Waals surface area contributed by atoms with Gasteiger partial charge in [-0.1, -0.05) is 137 Å². The average molecular weight is 566 g/mol. The van der Waals surface area contributed by atoms with Crippen LogP contribution < -0.4 is 0 Å². The molecule has 39 heavy (non-hydrogen) atoms. The van der Waals surface area contributed by atoms with Gasteiger partial charge in [-0.3, -0.25) is 0 Å². The topological polar surface area (TPSA) is 13.1 Å². The van der Waals surface area contributed by atoms with Crippen LogP contribution in [0.5, 0.6) is 0 Å². The lowest BCUT2D eigenvalue weighted by Gasteiger charge is -2.37. The Labute approximate surface area is 236 Å². The van der Waals surface area contributed by atoms with Crippen molar-refractivity contribution >= 4 is 37.9 Å². The highest BCUT2D eigenvalue weighted by Crippen LogP contribution is 2.46. The van der Waals surface area contributed by atoms with Crippen LogP contribution in [0.4, 0.5) is 0 Å². The molecule has 0 aliphatic rings. The van der Waals surface area contributed by atoms with E-state index in [1.807, 2.05) is 12.1 Å². The van der Waals surface area contributed by atoms with E-state index in [4.69, 9.17) is 4.42 Å². The fraction of sp³-hybridized carbons (Fsp3) is 0.0270. The third-order valence-electron chi connectivity index (χ3n) is 7.69. The van der Waals surface area contributed by atoms with Crippen LogP contribution in [0, 0.1) is 0 Å². The molecule has 0 radical (unpaired) electrons. The quantitative estimate of drug-likeness (QED) is 0.189. The molecular formula is C37H25BrO. The first-order valence-electron chi connectivity index (χ1n) is 13.1. The molecule has 0 atom stereocenters. The van der Waals surface area contributed by atoms with Crippen LogP contribution in [0.1, 0.15) is 22.3 Å². The summed E-state index contributed by atoms with van der Waals surface area (Å²) in [5.41, 5.74) is 8.57. The van der Waals surface area contributed by atoms with E-state index in [-0.39, 0.29) is 0 Å². The predicted octanol–water partition coefficient (Wildman–Crippen LogP) is 10.4. The minimum atomic E-state index is -0.477. The molecule has 7 rings (SSSR count). The van der Waals surface area contributed by atoms with Crippen LogP contribution in [0.2, 0.25) is 0 Å². The molecule has 0 aliphatic heterocycles. The van der Waals surface area contributed by atoms with Crippen molar-refractivity contribution in [3.05, 3.63) is 178 Å². The predicted molar refractivity (Wildman–Crippen MR) is 165 cm³/mol. The van der Waals surface area contributed by atoms with E-state index in [1.54, 1.807) is 0 Å². The lowest BCUT2D eigenvalue weighted by Crippen LogP contribution is -2.31. The second kappa shape index (κ2) is 9.72. The molecule has 2 heteroatoms. The number of furan rings is 1. The molecule has 1 nitrogen and oxygen atoms in total. The lowest BCUT2D eigenvalue weighted by molar-refractivity contribution is 0.669. The van der Waals surface area contributed by atoms with Gasteiger partial charge in [0, 0.05) is 15.2 Å². The van der Waals surface area contributed by atoms with Crippen LogP contribution in [-0.4, -0.2) is 0 Å². The van der Waals surface area contributed by atoms with E-state index in [9.17, 15) is 0 Å². The summed E-state index contributed by atoms with van der Waals surface area (Å²) in [5, 5.41) is 2.22. The molecule has 0 aliphatic carbocycles. The van der Waals surface area contributed by atoms with E-state index in [0.717, 1.165) is 32.0 Å². The summed E-state index contributed by atoms with van der Waals surface area (Å²) >= 11 is 3.73. The van der Waals surface area contributed by atoms with Crippen molar-refractivity contribution in [1.82, 2.24) is 0 Å². The number of hydrogen-bond donors (Lipinski definition) is 0. The monoisotopic (exact) mass is 564 g/mol. The molecular weight excluding hydrogens is 540 g/mol. The minimum Gasteiger partial charge on any atom is -0.456 e.